The van der Waals surface area contributed by atoms with Crippen molar-refractivity contribution in [1.82, 2.24) is 5.43 Å². The van der Waals surface area contributed by atoms with Crippen molar-refractivity contribution in [3.63, 3.8) is 0 Å². The van der Waals surface area contributed by atoms with Crippen molar-refractivity contribution in [1.29, 1.82) is 0 Å². The Morgan fingerprint density at radius 2 is 1.80 bits per heavy atom. The van der Waals surface area contributed by atoms with Crippen molar-refractivity contribution in [3.05, 3.63) is 64.7 Å². The van der Waals surface area contributed by atoms with Crippen molar-refractivity contribution in [2.24, 2.45) is 5.10 Å². The number of benzene rings is 2. The molecule has 20 heavy (non-hydrogen) atoms. The highest BCUT2D eigenvalue weighted by atomic mass is 35.5. The lowest BCUT2D eigenvalue weighted by Crippen LogP contribution is -2.16. The summed E-state index contributed by atoms with van der Waals surface area (Å²) in [5, 5.41) is 4.80. The van der Waals surface area contributed by atoms with E-state index in [0.29, 0.717) is 10.0 Å². The Morgan fingerprint density at radius 3 is 2.40 bits per heavy atom. The third-order valence-electron chi connectivity index (χ3n) is 2.60. The number of halogens is 1. The topological polar surface area (TPSA) is 33.6 Å². The van der Waals surface area contributed by atoms with Crippen molar-refractivity contribution in [2.75, 3.05) is 7.11 Å². The first-order valence-corrected chi connectivity index (χ1v) is 6.70. The molecule has 0 saturated carbocycles. The zero-order valence-corrected chi connectivity index (χ0v) is 12.4. The summed E-state index contributed by atoms with van der Waals surface area (Å²) in [7, 11) is 1.63. The third-order valence-corrected chi connectivity index (χ3v) is 3.18. The summed E-state index contributed by atoms with van der Waals surface area (Å²) < 4.78 is 5.09. The number of methoxy groups -OCH3 is 1. The van der Waals surface area contributed by atoms with Crippen LogP contribution >= 0.6 is 23.8 Å². The van der Waals surface area contributed by atoms with Crippen LogP contribution < -0.4 is 10.2 Å². The van der Waals surface area contributed by atoms with Gasteiger partial charge in [-0.3, -0.25) is 5.43 Å². The molecule has 0 amide bonds. The van der Waals surface area contributed by atoms with E-state index < -0.39 is 0 Å². The molecular formula is C15H13ClN2OS. The quantitative estimate of drug-likeness (QED) is 0.532. The van der Waals surface area contributed by atoms with Gasteiger partial charge in [-0.05, 0) is 42.0 Å². The number of nitrogens with one attached hydrogen (secondary N) is 1. The first-order chi connectivity index (χ1) is 9.69. The van der Waals surface area contributed by atoms with E-state index in [1.54, 1.807) is 13.3 Å². The number of nitrogens with zero attached hydrogens (tertiary/aromatic N) is 1. The van der Waals surface area contributed by atoms with Crippen LogP contribution in [0.25, 0.3) is 0 Å². The molecule has 5 heteroatoms. The molecule has 2 aromatic carbocycles. The number of hydrogen-bond acceptors (Lipinski definition) is 3. The van der Waals surface area contributed by atoms with Gasteiger partial charge >= 0.3 is 0 Å². The highest BCUT2D eigenvalue weighted by molar-refractivity contribution is 7.80. The maximum atomic E-state index is 5.81. The third kappa shape index (κ3) is 4.05. The molecule has 0 bridgehead atoms. The number of hydrogen-bond donors (Lipinski definition) is 1. The van der Waals surface area contributed by atoms with E-state index in [2.05, 4.69) is 10.5 Å². The minimum atomic E-state index is 0.554. The Balaban J connectivity index is 1.95. The largest absolute Gasteiger partial charge is 0.497 e. The minimum absolute atomic E-state index is 0.554. The summed E-state index contributed by atoms with van der Waals surface area (Å²) >= 11 is 11.1. The van der Waals surface area contributed by atoms with Gasteiger partial charge in [-0.15, -0.1) is 0 Å². The van der Waals surface area contributed by atoms with Gasteiger partial charge in [-0.2, -0.15) is 5.10 Å². The van der Waals surface area contributed by atoms with Crippen LogP contribution in [0.15, 0.2) is 53.6 Å². The molecule has 0 unspecified atom stereocenters. The number of ether oxygens (including phenoxy) is 1. The number of thiocarbonyl (C=S) groups is 1. The summed E-state index contributed by atoms with van der Waals surface area (Å²) in [5.41, 5.74) is 4.65. The molecule has 2 aromatic rings. The van der Waals surface area contributed by atoms with E-state index in [0.717, 1.165) is 16.9 Å². The van der Waals surface area contributed by atoms with Crippen LogP contribution in [0.2, 0.25) is 5.02 Å². The molecule has 3 nitrogen and oxygen atoms in total. The minimum Gasteiger partial charge on any atom is -0.497 e. The molecule has 2 rings (SSSR count). The van der Waals surface area contributed by atoms with Crippen LogP contribution in [-0.4, -0.2) is 18.3 Å². The van der Waals surface area contributed by atoms with E-state index in [9.17, 15) is 0 Å². The van der Waals surface area contributed by atoms with E-state index in [-0.39, 0.29) is 0 Å². The van der Waals surface area contributed by atoms with Crippen molar-refractivity contribution in [3.8, 4) is 5.75 Å². The van der Waals surface area contributed by atoms with E-state index in [1.165, 1.54) is 0 Å². The monoisotopic (exact) mass is 304 g/mol. The lowest BCUT2D eigenvalue weighted by Gasteiger charge is -2.04. The molecule has 0 atom stereocenters. The number of rotatable bonds is 4. The average Bonchev–Trinajstić information content (AvgIpc) is 2.49. The molecule has 0 fully saturated rings. The maximum Gasteiger partial charge on any atom is 0.126 e. The normalized spacial score (nSPS) is 10.5. The van der Waals surface area contributed by atoms with Crippen LogP contribution in [0.4, 0.5) is 0 Å². The summed E-state index contributed by atoms with van der Waals surface area (Å²) in [6, 6.07) is 14.8. The Bertz CT molecular complexity index is 609. The molecule has 1 N–H and O–H groups in total. The molecule has 0 spiro atoms. The van der Waals surface area contributed by atoms with Crippen LogP contribution in [0.1, 0.15) is 11.1 Å². The van der Waals surface area contributed by atoms with E-state index >= 15 is 0 Å². The SMILES string of the molecule is COc1ccc(C(=S)N/N=C/c2ccc(Cl)cc2)cc1. The fraction of sp³-hybridized carbons (Fsp3) is 0.0667. The Kier molecular flexibility index (Phi) is 5.09. The van der Waals surface area contributed by atoms with Gasteiger partial charge in [-0.25, -0.2) is 0 Å². The molecule has 0 aliphatic carbocycles. The highest BCUT2D eigenvalue weighted by Crippen LogP contribution is 2.11. The second-order valence-electron chi connectivity index (χ2n) is 3.98. The van der Waals surface area contributed by atoms with Gasteiger partial charge in [0.15, 0.2) is 0 Å². The standard InChI is InChI=1S/C15H13ClN2OS/c1-19-14-8-4-12(5-9-14)15(20)18-17-10-11-2-6-13(16)7-3-11/h2-10H,1H3,(H,18,20)/b17-10+. The summed E-state index contributed by atoms with van der Waals surface area (Å²) in [6.45, 7) is 0. The maximum absolute atomic E-state index is 5.81. The molecule has 0 radical (unpaired) electrons. The first kappa shape index (κ1) is 14.5. The molecule has 0 heterocycles. The van der Waals surface area contributed by atoms with Gasteiger partial charge in [0.05, 0.1) is 13.3 Å². The first-order valence-electron chi connectivity index (χ1n) is 5.92. The van der Waals surface area contributed by atoms with E-state index in [1.807, 2.05) is 48.5 Å². The molecule has 0 aliphatic heterocycles. The fourth-order valence-electron chi connectivity index (χ4n) is 1.52. The van der Waals surface area contributed by atoms with Crippen LogP contribution in [0.3, 0.4) is 0 Å². The summed E-state index contributed by atoms with van der Waals surface area (Å²) in [6.07, 6.45) is 1.69. The molecule has 0 saturated heterocycles. The van der Waals surface area contributed by atoms with E-state index in [4.69, 9.17) is 28.6 Å². The van der Waals surface area contributed by atoms with Crippen LogP contribution in [-0.2, 0) is 0 Å². The zero-order valence-electron chi connectivity index (χ0n) is 10.8. The predicted octanol–water partition coefficient (Wildman–Crippen LogP) is 3.65. The lowest BCUT2D eigenvalue weighted by atomic mass is 10.2. The Labute approximate surface area is 128 Å². The van der Waals surface area contributed by atoms with Gasteiger partial charge in [0.1, 0.15) is 10.7 Å². The lowest BCUT2D eigenvalue weighted by molar-refractivity contribution is 0.415. The predicted molar refractivity (Wildman–Crippen MR) is 86.9 cm³/mol. The van der Waals surface area contributed by atoms with Gasteiger partial charge in [-0.1, -0.05) is 36.0 Å². The smallest absolute Gasteiger partial charge is 0.126 e. The van der Waals surface area contributed by atoms with Gasteiger partial charge in [0.2, 0.25) is 0 Å². The summed E-state index contributed by atoms with van der Waals surface area (Å²) in [4.78, 5) is 0.554. The van der Waals surface area contributed by atoms with Crippen LogP contribution in [0.5, 0.6) is 5.75 Å². The van der Waals surface area contributed by atoms with Crippen molar-refractivity contribution >= 4 is 35.0 Å². The highest BCUT2D eigenvalue weighted by Gasteiger charge is 1.99. The Morgan fingerprint density at radius 1 is 1.15 bits per heavy atom. The second kappa shape index (κ2) is 7.03. The number of hydrazone groups is 1. The molecule has 102 valence electrons. The molecule has 0 aliphatic rings. The van der Waals surface area contributed by atoms with Crippen molar-refractivity contribution < 1.29 is 4.74 Å². The zero-order chi connectivity index (χ0) is 14.4. The van der Waals surface area contributed by atoms with Crippen molar-refractivity contribution in [2.45, 2.75) is 0 Å². The Hall–Kier alpha value is -1.91. The van der Waals surface area contributed by atoms with Gasteiger partial charge < -0.3 is 4.74 Å². The van der Waals surface area contributed by atoms with Gasteiger partial charge in [0, 0.05) is 10.6 Å². The average molecular weight is 305 g/mol. The van der Waals surface area contributed by atoms with Crippen LogP contribution in [0, 0.1) is 0 Å². The molecule has 0 aromatic heterocycles. The molecular weight excluding hydrogens is 292 g/mol. The summed E-state index contributed by atoms with van der Waals surface area (Å²) in [5.74, 6) is 0.793. The van der Waals surface area contributed by atoms with Gasteiger partial charge in [0.25, 0.3) is 0 Å². The second-order valence-corrected chi connectivity index (χ2v) is 4.82. The fourth-order valence-corrected chi connectivity index (χ4v) is 1.84.